The fourth-order valence-electron chi connectivity index (χ4n) is 1.93. The highest BCUT2D eigenvalue weighted by atomic mass is 79.9. The molecule has 0 atom stereocenters. The standard InChI is InChI=1S/C14H18BrN3O2/c1-18-6-4-11(17-18)3-5-16-9-10-7-12(15)14(19)13(8-10)20-2/h4,6-8,16,19H,3,5,9H2,1-2H3. The minimum atomic E-state index is 0.129. The van der Waals surface area contributed by atoms with Gasteiger partial charge in [-0.1, -0.05) is 0 Å². The maximum absolute atomic E-state index is 9.74. The molecule has 0 saturated heterocycles. The summed E-state index contributed by atoms with van der Waals surface area (Å²) in [6, 6.07) is 5.72. The van der Waals surface area contributed by atoms with Gasteiger partial charge >= 0.3 is 0 Å². The van der Waals surface area contributed by atoms with Crippen molar-refractivity contribution in [3.63, 3.8) is 0 Å². The topological polar surface area (TPSA) is 59.3 Å². The monoisotopic (exact) mass is 339 g/mol. The summed E-state index contributed by atoms with van der Waals surface area (Å²) in [5.74, 6) is 0.602. The molecule has 0 fully saturated rings. The lowest BCUT2D eigenvalue weighted by molar-refractivity contribution is 0.371. The maximum Gasteiger partial charge on any atom is 0.172 e. The van der Waals surface area contributed by atoms with Crippen molar-refractivity contribution in [2.75, 3.05) is 13.7 Å². The van der Waals surface area contributed by atoms with Gasteiger partial charge in [-0.3, -0.25) is 4.68 Å². The van der Waals surface area contributed by atoms with E-state index in [1.54, 1.807) is 11.8 Å². The minimum absolute atomic E-state index is 0.129. The second kappa shape index (κ2) is 6.76. The molecular weight excluding hydrogens is 322 g/mol. The Bertz CT molecular complexity index is 584. The van der Waals surface area contributed by atoms with Crippen LogP contribution in [0.3, 0.4) is 0 Å². The van der Waals surface area contributed by atoms with Gasteiger partial charge in [0.2, 0.25) is 0 Å². The average molecular weight is 340 g/mol. The molecule has 2 rings (SSSR count). The summed E-state index contributed by atoms with van der Waals surface area (Å²) in [4.78, 5) is 0. The molecule has 0 aliphatic rings. The Labute approximate surface area is 126 Å². The van der Waals surface area contributed by atoms with Crippen LogP contribution < -0.4 is 10.1 Å². The molecule has 20 heavy (non-hydrogen) atoms. The van der Waals surface area contributed by atoms with Crippen LogP contribution in [0.25, 0.3) is 0 Å². The van der Waals surface area contributed by atoms with Gasteiger partial charge in [-0.25, -0.2) is 0 Å². The molecule has 0 radical (unpaired) electrons. The number of aromatic nitrogens is 2. The number of phenols is 1. The van der Waals surface area contributed by atoms with E-state index in [0.717, 1.165) is 24.2 Å². The zero-order chi connectivity index (χ0) is 14.5. The Morgan fingerprint density at radius 1 is 1.45 bits per heavy atom. The van der Waals surface area contributed by atoms with Crippen LogP contribution >= 0.6 is 15.9 Å². The highest BCUT2D eigenvalue weighted by molar-refractivity contribution is 9.10. The van der Waals surface area contributed by atoms with Crippen LogP contribution in [0.1, 0.15) is 11.3 Å². The van der Waals surface area contributed by atoms with Crippen LogP contribution in [0.15, 0.2) is 28.9 Å². The smallest absolute Gasteiger partial charge is 0.172 e. The number of phenolic OH excluding ortho intramolecular Hbond substituents is 1. The normalized spacial score (nSPS) is 10.8. The van der Waals surface area contributed by atoms with Crippen LogP contribution in [0.4, 0.5) is 0 Å². The molecule has 2 N–H and O–H groups in total. The molecule has 5 nitrogen and oxygen atoms in total. The van der Waals surface area contributed by atoms with E-state index in [1.165, 1.54) is 0 Å². The van der Waals surface area contributed by atoms with Gasteiger partial charge < -0.3 is 15.2 Å². The molecule has 1 aromatic carbocycles. The third kappa shape index (κ3) is 3.74. The number of aromatic hydroxyl groups is 1. The Morgan fingerprint density at radius 2 is 2.25 bits per heavy atom. The summed E-state index contributed by atoms with van der Waals surface area (Å²) in [5, 5.41) is 17.4. The van der Waals surface area contributed by atoms with Gasteiger partial charge in [0, 0.05) is 32.8 Å². The van der Waals surface area contributed by atoms with E-state index in [-0.39, 0.29) is 5.75 Å². The average Bonchev–Trinajstić information content (AvgIpc) is 2.84. The van der Waals surface area contributed by atoms with Gasteiger partial charge in [-0.2, -0.15) is 5.10 Å². The van der Waals surface area contributed by atoms with Gasteiger partial charge in [0.25, 0.3) is 0 Å². The molecule has 108 valence electrons. The molecule has 1 aromatic heterocycles. The van der Waals surface area contributed by atoms with Crippen LogP contribution in [0.5, 0.6) is 11.5 Å². The zero-order valence-corrected chi connectivity index (χ0v) is 13.1. The van der Waals surface area contributed by atoms with Crippen molar-refractivity contribution in [3.05, 3.63) is 40.1 Å². The first kappa shape index (κ1) is 14.9. The molecule has 0 amide bonds. The number of hydrogen-bond acceptors (Lipinski definition) is 4. The van der Waals surface area contributed by atoms with Crippen molar-refractivity contribution in [1.29, 1.82) is 0 Å². The van der Waals surface area contributed by atoms with Gasteiger partial charge in [0.1, 0.15) is 0 Å². The lowest BCUT2D eigenvalue weighted by Gasteiger charge is -2.09. The molecule has 0 aliphatic carbocycles. The van der Waals surface area contributed by atoms with Crippen LogP contribution in [0, 0.1) is 0 Å². The van der Waals surface area contributed by atoms with Gasteiger partial charge in [-0.05, 0) is 39.7 Å². The fourth-order valence-corrected chi connectivity index (χ4v) is 2.42. The lowest BCUT2D eigenvalue weighted by Crippen LogP contribution is -2.17. The zero-order valence-electron chi connectivity index (χ0n) is 11.6. The third-order valence-corrected chi connectivity index (χ3v) is 3.57. The summed E-state index contributed by atoms with van der Waals surface area (Å²) >= 11 is 3.32. The second-order valence-corrected chi connectivity index (χ2v) is 5.39. The molecular formula is C14H18BrN3O2. The minimum Gasteiger partial charge on any atom is -0.503 e. The largest absolute Gasteiger partial charge is 0.503 e. The van der Waals surface area contributed by atoms with Crippen molar-refractivity contribution in [3.8, 4) is 11.5 Å². The molecule has 0 unspecified atom stereocenters. The van der Waals surface area contributed by atoms with Crippen LogP contribution in [-0.2, 0) is 20.0 Å². The van der Waals surface area contributed by atoms with Crippen molar-refractivity contribution in [2.45, 2.75) is 13.0 Å². The highest BCUT2D eigenvalue weighted by Crippen LogP contribution is 2.35. The number of aryl methyl sites for hydroxylation is 1. The summed E-state index contributed by atoms with van der Waals surface area (Å²) in [7, 11) is 3.46. The van der Waals surface area contributed by atoms with Crippen LogP contribution in [-0.4, -0.2) is 28.5 Å². The number of methoxy groups -OCH3 is 1. The van der Waals surface area contributed by atoms with Crippen molar-refractivity contribution < 1.29 is 9.84 Å². The van der Waals surface area contributed by atoms with E-state index in [0.29, 0.717) is 16.8 Å². The highest BCUT2D eigenvalue weighted by Gasteiger charge is 2.08. The van der Waals surface area contributed by atoms with Crippen LogP contribution in [0.2, 0.25) is 0 Å². The van der Waals surface area contributed by atoms with Gasteiger partial charge in [0.15, 0.2) is 11.5 Å². The van der Waals surface area contributed by atoms with E-state index < -0.39 is 0 Å². The quantitative estimate of drug-likeness (QED) is 0.792. The van der Waals surface area contributed by atoms with E-state index in [2.05, 4.69) is 26.3 Å². The molecule has 0 spiro atoms. The van der Waals surface area contributed by atoms with Gasteiger partial charge in [0.05, 0.1) is 17.3 Å². The second-order valence-electron chi connectivity index (χ2n) is 4.54. The number of benzene rings is 1. The first-order valence-electron chi connectivity index (χ1n) is 6.34. The number of hydrogen-bond donors (Lipinski definition) is 2. The SMILES string of the molecule is COc1cc(CNCCc2ccn(C)n2)cc(Br)c1O. The van der Waals surface area contributed by atoms with E-state index >= 15 is 0 Å². The van der Waals surface area contributed by atoms with E-state index in [9.17, 15) is 5.11 Å². The number of nitrogens with zero attached hydrogens (tertiary/aromatic N) is 2. The summed E-state index contributed by atoms with van der Waals surface area (Å²) < 4.78 is 7.56. The maximum atomic E-state index is 9.74. The molecule has 6 heteroatoms. The predicted molar refractivity (Wildman–Crippen MR) is 81.0 cm³/mol. The summed E-state index contributed by atoms with van der Waals surface area (Å²) in [6.45, 7) is 1.56. The molecule has 0 bridgehead atoms. The van der Waals surface area contributed by atoms with Crippen molar-refractivity contribution in [2.24, 2.45) is 7.05 Å². The number of halogens is 1. The first-order valence-corrected chi connectivity index (χ1v) is 7.14. The van der Waals surface area contributed by atoms with E-state index in [1.807, 2.05) is 31.4 Å². The van der Waals surface area contributed by atoms with Gasteiger partial charge in [-0.15, -0.1) is 0 Å². The lowest BCUT2D eigenvalue weighted by atomic mass is 10.2. The number of ether oxygens (including phenoxy) is 1. The Morgan fingerprint density at radius 3 is 2.90 bits per heavy atom. The first-order chi connectivity index (χ1) is 9.60. The Kier molecular flexibility index (Phi) is 5.03. The van der Waals surface area contributed by atoms with Crippen molar-refractivity contribution >= 4 is 15.9 Å². The predicted octanol–water partition coefficient (Wildman–Crippen LogP) is 2.23. The third-order valence-electron chi connectivity index (χ3n) is 2.96. The number of rotatable bonds is 6. The fraction of sp³-hybridized carbons (Fsp3) is 0.357. The summed E-state index contributed by atoms with van der Waals surface area (Å²) in [5.41, 5.74) is 2.12. The molecule has 0 saturated carbocycles. The molecule has 2 aromatic rings. The number of nitrogens with one attached hydrogen (secondary N) is 1. The van der Waals surface area contributed by atoms with Crippen molar-refractivity contribution in [1.82, 2.24) is 15.1 Å². The molecule has 0 aliphatic heterocycles. The molecule has 1 heterocycles. The summed E-state index contributed by atoms with van der Waals surface area (Å²) in [6.07, 6.45) is 2.83. The Balaban J connectivity index is 1.86. The van der Waals surface area contributed by atoms with E-state index in [4.69, 9.17) is 4.74 Å². The Hall–Kier alpha value is -1.53.